The van der Waals surface area contributed by atoms with Gasteiger partial charge in [0.25, 0.3) is 11.8 Å². The molecule has 2 aromatic carbocycles. The fraction of sp³-hybridized carbons (Fsp3) is 0.280. The molecule has 8 nitrogen and oxygen atoms in total. The van der Waals surface area contributed by atoms with Crippen LogP contribution in [0.2, 0.25) is 0 Å². The number of carbonyl (C=O) groups excluding carboxylic acids is 3. The Balaban J connectivity index is 1.49. The van der Waals surface area contributed by atoms with Crippen LogP contribution in [0.15, 0.2) is 53.9 Å². The molecule has 0 atom stereocenters. The van der Waals surface area contributed by atoms with E-state index in [9.17, 15) is 14.4 Å². The summed E-state index contributed by atoms with van der Waals surface area (Å²) >= 11 is 1.54. The lowest BCUT2D eigenvalue weighted by atomic mass is 10.2. The highest BCUT2D eigenvalue weighted by Crippen LogP contribution is 2.17. The van der Waals surface area contributed by atoms with Gasteiger partial charge in [0.15, 0.2) is 6.61 Å². The van der Waals surface area contributed by atoms with Crippen LogP contribution in [-0.2, 0) is 16.1 Å². The number of aryl methyl sites for hydroxylation is 1. The Hall–Kier alpha value is -3.72. The molecule has 1 heterocycles. The number of aromatic nitrogens is 1. The third-order valence-corrected chi connectivity index (χ3v) is 5.75. The van der Waals surface area contributed by atoms with E-state index in [1.165, 1.54) is 0 Å². The van der Waals surface area contributed by atoms with Crippen LogP contribution >= 0.6 is 11.3 Å². The average molecular weight is 482 g/mol. The van der Waals surface area contributed by atoms with Gasteiger partial charge in [0.2, 0.25) is 0 Å². The number of hydrogen-bond donors (Lipinski definition) is 1. The van der Waals surface area contributed by atoms with E-state index in [1.54, 1.807) is 64.8 Å². The minimum absolute atomic E-state index is 0.0651. The number of hydrogen-bond acceptors (Lipinski definition) is 7. The van der Waals surface area contributed by atoms with Crippen LogP contribution in [0.25, 0.3) is 0 Å². The second-order valence-corrected chi connectivity index (χ2v) is 8.42. The first-order valence-electron chi connectivity index (χ1n) is 10.9. The van der Waals surface area contributed by atoms with Crippen molar-refractivity contribution in [3.05, 3.63) is 75.7 Å². The number of amides is 2. The minimum Gasteiger partial charge on any atom is -0.487 e. The first kappa shape index (κ1) is 24.9. The molecule has 0 fully saturated rings. The van der Waals surface area contributed by atoms with Gasteiger partial charge in [-0.15, -0.1) is 11.3 Å². The number of thiazole rings is 1. The van der Waals surface area contributed by atoms with Crippen molar-refractivity contribution >= 4 is 34.8 Å². The monoisotopic (exact) mass is 481 g/mol. The highest BCUT2D eigenvalue weighted by molar-refractivity contribution is 7.09. The molecule has 0 saturated carbocycles. The second kappa shape index (κ2) is 11.9. The number of nitrogens with zero attached hydrogens (tertiary/aromatic N) is 2. The highest BCUT2D eigenvalue weighted by Gasteiger charge is 2.14. The number of esters is 1. The minimum atomic E-state index is -0.634. The van der Waals surface area contributed by atoms with Gasteiger partial charge in [-0.05, 0) is 63.2 Å². The number of carbonyl (C=O) groups is 3. The predicted octanol–water partition coefficient (Wildman–Crippen LogP) is 4.31. The standard InChI is InChI=1S/C25H27N3O5S/c1-4-28(5-2)24(30)18-9-11-20(12-10-18)27-23(29)15-33-25(31)19-7-6-8-22(13-19)32-14-21-16-34-17(3)26-21/h6-13,16H,4-5,14-15H2,1-3H3,(H,27,29). The number of benzene rings is 2. The third kappa shape index (κ3) is 6.89. The summed E-state index contributed by atoms with van der Waals surface area (Å²) in [4.78, 5) is 43.0. The maximum absolute atomic E-state index is 12.4. The summed E-state index contributed by atoms with van der Waals surface area (Å²) in [6, 6.07) is 13.1. The Morgan fingerprint density at radius 3 is 2.41 bits per heavy atom. The quantitative estimate of drug-likeness (QED) is 0.434. The molecule has 0 unspecified atom stereocenters. The van der Waals surface area contributed by atoms with Crippen LogP contribution in [0, 0.1) is 6.92 Å². The van der Waals surface area contributed by atoms with E-state index in [0.717, 1.165) is 10.7 Å². The van der Waals surface area contributed by atoms with Crippen molar-refractivity contribution in [1.82, 2.24) is 9.88 Å². The van der Waals surface area contributed by atoms with Crippen molar-refractivity contribution in [2.24, 2.45) is 0 Å². The molecule has 9 heteroatoms. The van der Waals surface area contributed by atoms with Crippen molar-refractivity contribution in [3.8, 4) is 5.75 Å². The molecule has 0 aliphatic carbocycles. The lowest BCUT2D eigenvalue weighted by Crippen LogP contribution is -2.30. The average Bonchev–Trinajstić information content (AvgIpc) is 3.27. The van der Waals surface area contributed by atoms with Gasteiger partial charge in [0.1, 0.15) is 12.4 Å². The van der Waals surface area contributed by atoms with Gasteiger partial charge in [-0.2, -0.15) is 0 Å². The van der Waals surface area contributed by atoms with Crippen molar-refractivity contribution in [2.75, 3.05) is 25.0 Å². The lowest BCUT2D eigenvalue weighted by Gasteiger charge is -2.18. The molecule has 2 amide bonds. The first-order valence-corrected chi connectivity index (χ1v) is 11.8. The molecule has 178 valence electrons. The molecular weight excluding hydrogens is 454 g/mol. The summed E-state index contributed by atoms with van der Waals surface area (Å²) in [7, 11) is 0. The van der Waals surface area contributed by atoms with Crippen LogP contribution in [0.4, 0.5) is 5.69 Å². The van der Waals surface area contributed by atoms with Crippen molar-refractivity contribution in [3.63, 3.8) is 0 Å². The van der Waals surface area contributed by atoms with Gasteiger partial charge >= 0.3 is 5.97 Å². The Labute approximate surface area is 202 Å². The normalized spacial score (nSPS) is 10.4. The topological polar surface area (TPSA) is 97.8 Å². The Morgan fingerprint density at radius 1 is 1.03 bits per heavy atom. The molecule has 0 saturated heterocycles. The zero-order chi connectivity index (χ0) is 24.5. The van der Waals surface area contributed by atoms with E-state index in [1.807, 2.05) is 26.2 Å². The van der Waals surface area contributed by atoms with Gasteiger partial charge in [-0.3, -0.25) is 9.59 Å². The van der Waals surface area contributed by atoms with E-state index in [-0.39, 0.29) is 11.5 Å². The van der Waals surface area contributed by atoms with Crippen LogP contribution in [0.1, 0.15) is 45.3 Å². The number of nitrogens with one attached hydrogen (secondary N) is 1. The van der Waals surface area contributed by atoms with E-state index in [2.05, 4.69) is 10.3 Å². The van der Waals surface area contributed by atoms with E-state index >= 15 is 0 Å². The van der Waals surface area contributed by atoms with Crippen LogP contribution in [0.3, 0.4) is 0 Å². The van der Waals surface area contributed by atoms with Gasteiger partial charge in [0, 0.05) is 29.7 Å². The van der Waals surface area contributed by atoms with E-state index in [4.69, 9.17) is 9.47 Å². The number of anilines is 1. The third-order valence-electron chi connectivity index (χ3n) is 4.92. The first-order chi connectivity index (χ1) is 16.4. The maximum Gasteiger partial charge on any atom is 0.338 e. The molecule has 0 bridgehead atoms. The molecule has 3 aromatic rings. The summed E-state index contributed by atoms with van der Waals surface area (Å²) in [6.45, 7) is 6.87. The summed E-state index contributed by atoms with van der Waals surface area (Å²) in [5, 5.41) is 5.53. The Bertz CT molecular complexity index is 1140. The summed E-state index contributed by atoms with van der Waals surface area (Å²) < 4.78 is 10.8. The van der Waals surface area contributed by atoms with Crippen LogP contribution < -0.4 is 10.1 Å². The molecule has 3 rings (SSSR count). The summed E-state index contributed by atoms with van der Waals surface area (Å²) in [5.74, 6) is -0.679. The van der Waals surface area contributed by atoms with Crippen molar-refractivity contribution < 1.29 is 23.9 Å². The van der Waals surface area contributed by atoms with E-state index in [0.29, 0.717) is 36.7 Å². The summed E-state index contributed by atoms with van der Waals surface area (Å²) in [5.41, 5.74) is 2.14. The number of ether oxygens (including phenoxy) is 2. The molecule has 1 aromatic heterocycles. The predicted molar refractivity (Wildman–Crippen MR) is 130 cm³/mol. The Kier molecular flexibility index (Phi) is 8.75. The zero-order valence-corrected chi connectivity index (χ0v) is 20.2. The Morgan fingerprint density at radius 2 is 1.76 bits per heavy atom. The largest absolute Gasteiger partial charge is 0.487 e. The molecular formula is C25H27N3O5S. The second-order valence-electron chi connectivity index (χ2n) is 7.35. The SMILES string of the molecule is CCN(CC)C(=O)c1ccc(NC(=O)COC(=O)c2cccc(OCc3csc(C)n3)c2)cc1. The van der Waals surface area contributed by atoms with Gasteiger partial charge in [-0.25, -0.2) is 9.78 Å². The molecule has 0 aliphatic heterocycles. The van der Waals surface area contributed by atoms with Crippen molar-refractivity contribution in [2.45, 2.75) is 27.4 Å². The fourth-order valence-electron chi connectivity index (χ4n) is 3.15. The smallest absolute Gasteiger partial charge is 0.338 e. The van der Waals surface area contributed by atoms with Gasteiger partial charge < -0.3 is 19.7 Å². The molecule has 34 heavy (non-hydrogen) atoms. The lowest BCUT2D eigenvalue weighted by molar-refractivity contribution is -0.119. The number of rotatable bonds is 10. The van der Waals surface area contributed by atoms with Crippen molar-refractivity contribution in [1.29, 1.82) is 0 Å². The highest BCUT2D eigenvalue weighted by atomic mass is 32.1. The molecule has 0 aliphatic rings. The fourth-order valence-corrected chi connectivity index (χ4v) is 3.74. The zero-order valence-electron chi connectivity index (χ0n) is 19.4. The van der Waals surface area contributed by atoms with Gasteiger partial charge in [0.05, 0.1) is 16.3 Å². The maximum atomic E-state index is 12.4. The van der Waals surface area contributed by atoms with Gasteiger partial charge in [-0.1, -0.05) is 6.07 Å². The molecule has 0 spiro atoms. The molecule has 0 radical (unpaired) electrons. The van der Waals surface area contributed by atoms with E-state index < -0.39 is 18.5 Å². The van der Waals surface area contributed by atoms with Crippen LogP contribution in [-0.4, -0.2) is 47.4 Å². The van der Waals surface area contributed by atoms with Crippen LogP contribution in [0.5, 0.6) is 5.75 Å². The summed E-state index contributed by atoms with van der Waals surface area (Å²) in [6.07, 6.45) is 0. The molecule has 1 N–H and O–H groups in total.